The van der Waals surface area contributed by atoms with Crippen LogP contribution in [-0.2, 0) is 57.2 Å². The van der Waals surface area contributed by atoms with Crippen LogP contribution in [0.5, 0.6) is 5.75 Å². The number of benzene rings is 2. The molecule has 0 fully saturated rings. The highest BCUT2D eigenvalue weighted by Crippen LogP contribution is 2.54. The van der Waals surface area contributed by atoms with Crippen LogP contribution in [0.2, 0.25) is 0 Å². The lowest BCUT2D eigenvalue weighted by atomic mass is 9.58. The molecule has 0 amide bonds. The van der Waals surface area contributed by atoms with E-state index in [1.807, 2.05) is 67.1 Å². The van der Waals surface area contributed by atoms with Crippen molar-refractivity contribution in [1.29, 1.82) is 31.6 Å². The molecule has 0 aliphatic rings. The SMILES string of the molecule is COC(=O)C(C)(C)CC(C)(CC(C)(CC(C)(CC(C)(CC(C)(CCC(C#N)CC(C#N)CC(C#N)CC(C#N)CC(C#N)CC(C)C#N)C(=O)OCCOc1cc(C)c(-n2ccnc2-c2ccccc2)c(C)c1)C(=O)OC)C(=O)OC)C(=O)OC)C(=O)OC. The minimum absolute atomic E-state index is 0.00656. The van der Waals surface area contributed by atoms with Gasteiger partial charge in [0.15, 0.2) is 0 Å². The van der Waals surface area contributed by atoms with Gasteiger partial charge in [0.25, 0.3) is 0 Å². The van der Waals surface area contributed by atoms with E-state index < -0.39 is 117 Å². The fraction of sp³-hybridized carbons (Fsp3) is 0.603. The van der Waals surface area contributed by atoms with E-state index in [1.165, 1.54) is 34.8 Å². The number of methoxy groups -OCH3 is 5. The van der Waals surface area contributed by atoms with Gasteiger partial charge in [-0.2, -0.15) is 31.6 Å². The summed E-state index contributed by atoms with van der Waals surface area (Å²) < 4.78 is 40.7. The van der Waals surface area contributed by atoms with Gasteiger partial charge in [-0.15, -0.1) is 0 Å². The zero-order valence-electron chi connectivity index (χ0n) is 54.4. The Morgan fingerprint density at radius 1 is 0.506 bits per heavy atom. The minimum Gasteiger partial charge on any atom is -0.490 e. The van der Waals surface area contributed by atoms with Crippen LogP contribution in [-0.4, -0.2) is 94.1 Å². The third kappa shape index (κ3) is 19.9. The van der Waals surface area contributed by atoms with Crippen LogP contribution in [0.1, 0.15) is 144 Å². The van der Waals surface area contributed by atoms with Crippen LogP contribution in [0, 0.1) is 150 Å². The first kappa shape index (κ1) is 74.5. The van der Waals surface area contributed by atoms with Gasteiger partial charge < -0.3 is 33.2 Å². The predicted molar refractivity (Wildman–Crippen MR) is 325 cm³/mol. The van der Waals surface area contributed by atoms with Crippen molar-refractivity contribution >= 4 is 35.8 Å². The number of nitrogens with zero attached hydrogens (tertiary/aromatic N) is 8. The van der Waals surface area contributed by atoms with Gasteiger partial charge in [0, 0.05) is 53.5 Å². The molecule has 0 saturated carbocycles. The Morgan fingerprint density at radius 2 is 0.899 bits per heavy atom. The lowest BCUT2D eigenvalue weighted by molar-refractivity contribution is -0.172. The van der Waals surface area contributed by atoms with Gasteiger partial charge in [0.05, 0.1) is 110 Å². The van der Waals surface area contributed by atoms with Crippen molar-refractivity contribution in [3.8, 4) is 59.2 Å². The molecular formula is C68H88N8O13. The predicted octanol–water partition coefficient (Wildman–Crippen LogP) is 11.5. The van der Waals surface area contributed by atoms with E-state index in [4.69, 9.17) is 33.2 Å². The highest BCUT2D eigenvalue weighted by atomic mass is 16.6. The molecule has 0 bridgehead atoms. The largest absolute Gasteiger partial charge is 0.490 e. The molecule has 3 rings (SSSR count). The normalized spacial score (nSPS) is 16.6. The number of carbonyl (C=O) groups excluding carboxylic acids is 6. The van der Waals surface area contributed by atoms with E-state index in [-0.39, 0.29) is 77.4 Å². The van der Waals surface area contributed by atoms with Crippen molar-refractivity contribution in [2.75, 3.05) is 48.8 Å². The van der Waals surface area contributed by atoms with Crippen LogP contribution >= 0.6 is 0 Å². The number of rotatable bonds is 35. The van der Waals surface area contributed by atoms with E-state index in [2.05, 4.69) is 41.4 Å². The molecule has 0 aliphatic carbocycles. The van der Waals surface area contributed by atoms with Crippen molar-refractivity contribution in [2.45, 2.75) is 146 Å². The van der Waals surface area contributed by atoms with E-state index in [0.29, 0.717) is 5.75 Å². The zero-order chi connectivity index (χ0) is 67.1. The average molecular weight is 1230 g/mol. The molecule has 1 aromatic heterocycles. The van der Waals surface area contributed by atoms with Crippen molar-refractivity contribution in [3.05, 3.63) is 66.0 Å². The van der Waals surface area contributed by atoms with Crippen molar-refractivity contribution < 1.29 is 61.9 Å². The average Bonchev–Trinajstić information content (AvgIpc) is 2.18. The number of nitriles is 6. The molecule has 89 heavy (non-hydrogen) atoms. The summed E-state index contributed by atoms with van der Waals surface area (Å²) >= 11 is 0. The summed E-state index contributed by atoms with van der Waals surface area (Å²) in [5, 5.41) is 60.5. The van der Waals surface area contributed by atoms with Crippen molar-refractivity contribution in [3.63, 3.8) is 0 Å². The van der Waals surface area contributed by atoms with Crippen LogP contribution in [0.15, 0.2) is 54.9 Å². The molecule has 1 heterocycles. The molecule has 11 atom stereocenters. The maximum Gasteiger partial charge on any atom is 0.311 e. The maximum absolute atomic E-state index is 15.0. The summed E-state index contributed by atoms with van der Waals surface area (Å²) in [5.74, 6) is -7.89. The Kier molecular flexibility index (Phi) is 27.6. The number of imidazole rings is 1. The monoisotopic (exact) mass is 1220 g/mol. The minimum atomic E-state index is -1.82. The molecule has 478 valence electrons. The summed E-state index contributed by atoms with van der Waals surface area (Å²) in [5.41, 5.74) is -6.35. The summed E-state index contributed by atoms with van der Waals surface area (Å²) in [6.45, 7) is 15.9. The zero-order valence-corrected chi connectivity index (χ0v) is 54.4. The van der Waals surface area contributed by atoms with E-state index >= 15 is 4.79 Å². The number of esters is 6. The molecule has 3 aromatic rings. The molecule has 0 aliphatic heterocycles. The number of aryl methyl sites for hydroxylation is 2. The molecule has 0 spiro atoms. The Balaban J connectivity index is 2.11. The number of hydrogen-bond acceptors (Lipinski definition) is 20. The first-order valence-corrected chi connectivity index (χ1v) is 29.6. The van der Waals surface area contributed by atoms with Crippen LogP contribution in [0.4, 0.5) is 0 Å². The Morgan fingerprint density at radius 3 is 1.30 bits per heavy atom. The third-order valence-corrected chi connectivity index (χ3v) is 17.0. The van der Waals surface area contributed by atoms with Crippen molar-refractivity contribution in [2.24, 2.45) is 68.0 Å². The molecule has 2 aromatic carbocycles. The van der Waals surface area contributed by atoms with E-state index in [1.54, 1.807) is 33.9 Å². The second kappa shape index (κ2) is 33.0. The number of carbonyl (C=O) groups is 6. The molecular weight excluding hydrogens is 1140 g/mol. The van der Waals surface area contributed by atoms with Gasteiger partial charge in [-0.25, -0.2) is 4.98 Å². The molecule has 0 N–H and O–H groups in total. The summed E-state index contributed by atoms with van der Waals surface area (Å²) in [7, 11) is 5.78. The first-order chi connectivity index (χ1) is 41.8. The van der Waals surface area contributed by atoms with Gasteiger partial charge in [-0.1, -0.05) is 30.3 Å². The number of hydrogen-bond donors (Lipinski definition) is 0. The third-order valence-electron chi connectivity index (χ3n) is 17.0. The van der Waals surface area contributed by atoms with Crippen LogP contribution in [0.25, 0.3) is 17.1 Å². The van der Waals surface area contributed by atoms with Gasteiger partial charge in [-0.05, 0) is 170 Å². The molecule has 21 nitrogen and oxygen atoms in total. The molecule has 11 unspecified atom stereocenters. The Labute approximate surface area is 525 Å². The van der Waals surface area contributed by atoms with Gasteiger partial charge in [0.2, 0.25) is 0 Å². The first-order valence-electron chi connectivity index (χ1n) is 29.6. The lowest BCUT2D eigenvalue weighted by Crippen LogP contribution is -2.49. The maximum atomic E-state index is 15.0. The van der Waals surface area contributed by atoms with Gasteiger partial charge in [-0.3, -0.25) is 33.3 Å². The second-order valence-corrected chi connectivity index (χ2v) is 25.8. The quantitative estimate of drug-likeness (QED) is 0.0300. The smallest absolute Gasteiger partial charge is 0.311 e. The van der Waals surface area contributed by atoms with Crippen LogP contribution in [0.3, 0.4) is 0 Å². The molecule has 0 saturated heterocycles. The number of aromatic nitrogens is 2. The fourth-order valence-corrected chi connectivity index (χ4v) is 13.4. The fourth-order valence-electron chi connectivity index (χ4n) is 13.4. The molecule has 0 radical (unpaired) electrons. The topological polar surface area (TPSA) is 328 Å². The van der Waals surface area contributed by atoms with Crippen LogP contribution < -0.4 is 4.74 Å². The van der Waals surface area contributed by atoms with Crippen molar-refractivity contribution in [1.82, 2.24) is 9.55 Å². The lowest BCUT2D eigenvalue weighted by Gasteiger charge is -2.45. The highest BCUT2D eigenvalue weighted by Gasteiger charge is 2.57. The Bertz CT molecular complexity index is 3210. The summed E-state index contributed by atoms with van der Waals surface area (Å²) in [6.07, 6.45) is 2.06. The standard InChI is InChI=1S/C68H88N8O13/c1-45(34-69)27-49(36-71)31-51(38-73)33-52(39-74)32-50(37-72)30-48(35-70)21-22-64(6,62(82)89-26-25-88-54-28-46(2)55(47(3)29-54)76-24-23-75-56(76)53-19-17-16-18-20-53)41-66(8,59(79)85-13)43-68(10,61(81)87-15)44-67(9,60(80)86-14)42-65(7,58(78)84-12)40-63(4,5)57(77)83-11/h16-20,23-24,28-29,45,48-52H,21-22,25-27,30-33,40-44H2,1-15H3. The summed E-state index contributed by atoms with van der Waals surface area (Å²) in [6, 6.07) is 26.5. The Hall–Kier alpha value is -8.79. The van der Waals surface area contributed by atoms with Gasteiger partial charge in [0.1, 0.15) is 24.8 Å². The highest BCUT2D eigenvalue weighted by molar-refractivity contribution is 5.85. The second-order valence-electron chi connectivity index (χ2n) is 25.8. The molecule has 21 heteroatoms. The van der Waals surface area contributed by atoms with Gasteiger partial charge >= 0.3 is 35.8 Å². The number of ether oxygens (including phenoxy) is 7. The summed E-state index contributed by atoms with van der Waals surface area (Å²) in [4.78, 5) is 89.8. The van der Waals surface area contributed by atoms with E-state index in [9.17, 15) is 55.5 Å². The van der Waals surface area contributed by atoms with E-state index in [0.717, 1.165) is 56.6 Å².